The number of rotatable bonds is 5. The number of alkyl halides is 3. The van der Waals surface area contributed by atoms with Crippen LogP contribution < -0.4 is 0 Å². The molecule has 2 aromatic carbocycles. The van der Waals surface area contributed by atoms with Crippen LogP contribution in [0.3, 0.4) is 0 Å². The molecule has 0 unspecified atom stereocenters. The van der Waals surface area contributed by atoms with Crippen molar-refractivity contribution in [3.05, 3.63) is 65.7 Å². The van der Waals surface area contributed by atoms with Crippen molar-refractivity contribution in [2.75, 3.05) is 6.54 Å². The summed E-state index contributed by atoms with van der Waals surface area (Å²) in [5.41, 5.74) is -0.209. The zero-order chi connectivity index (χ0) is 19.1. The lowest BCUT2D eigenvalue weighted by Crippen LogP contribution is -2.30. The lowest BCUT2D eigenvalue weighted by Gasteiger charge is -2.21. The second-order valence-corrected chi connectivity index (χ2v) is 6.88. The predicted molar refractivity (Wildman–Crippen MR) is 92.5 cm³/mol. The third kappa shape index (κ3) is 5.57. The van der Waals surface area contributed by atoms with Crippen LogP contribution in [0, 0.1) is 0 Å². The average molecular weight is 373 g/mol. The van der Waals surface area contributed by atoms with Crippen molar-refractivity contribution in [1.29, 1.82) is 0 Å². The van der Waals surface area contributed by atoms with Crippen LogP contribution in [0.25, 0.3) is 0 Å². The van der Waals surface area contributed by atoms with Gasteiger partial charge in [0.05, 0.1) is 10.5 Å². The summed E-state index contributed by atoms with van der Waals surface area (Å²) in [6.45, 7) is 5.91. The molecule has 0 radical (unpaired) electrons. The maximum atomic E-state index is 12.8. The zero-order valence-electron chi connectivity index (χ0n) is 14.4. The minimum atomic E-state index is -4.58. The highest BCUT2D eigenvalue weighted by Gasteiger charge is 2.32. The highest BCUT2D eigenvalue weighted by molar-refractivity contribution is 7.89. The van der Waals surface area contributed by atoms with Crippen LogP contribution in [-0.4, -0.2) is 19.3 Å². The fourth-order valence-corrected chi connectivity index (χ4v) is 3.62. The van der Waals surface area contributed by atoms with Crippen LogP contribution in [0.4, 0.5) is 13.2 Å². The summed E-state index contributed by atoms with van der Waals surface area (Å²) in [6.07, 6.45) is -4.58. The molecule has 3 nitrogen and oxygen atoms in total. The topological polar surface area (TPSA) is 37.4 Å². The van der Waals surface area contributed by atoms with Gasteiger partial charge >= 0.3 is 6.18 Å². The highest BCUT2D eigenvalue weighted by Crippen LogP contribution is 2.31. The first-order valence-corrected chi connectivity index (χ1v) is 9.40. The minimum absolute atomic E-state index is 0.107. The van der Waals surface area contributed by atoms with Crippen LogP contribution in [0.1, 0.15) is 31.9 Å². The minimum Gasteiger partial charge on any atom is -0.207 e. The Bertz CT molecular complexity index is 759. The molecule has 0 aliphatic carbocycles. The summed E-state index contributed by atoms with van der Waals surface area (Å²) in [5, 5.41) is 0. The van der Waals surface area contributed by atoms with Gasteiger partial charge in [0.25, 0.3) is 0 Å². The number of hydrogen-bond donors (Lipinski definition) is 0. The molecule has 2 rings (SSSR count). The Kier molecular flexibility index (Phi) is 7.63. The fourth-order valence-electron chi connectivity index (χ4n) is 2.14. The molecule has 0 bridgehead atoms. The van der Waals surface area contributed by atoms with E-state index in [-0.39, 0.29) is 18.0 Å². The van der Waals surface area contributed by atoms with E-state index in [2.05, 4.69) is 0 Å². The standard InChI is InChI=1S/C16H16F3NO2S.C2H6/c1-2-20(12-13-7-4-3-5-8-13)23(21,22)15-10-6-9-14(11-15)16(17,18)19;1-2/h3-11H,2,12H2,1H3;1-2H3. The molecule has 0 atom stereocenters. The highest BCUT2D eigenvalue weighted by atomic mass is 32.2. The molecule has 0 spiro atoms. The second kappa shape index (κ2) is 9.01. The van der Waals surface area contributed by atoms with Gasteiger partial charge in [0.1, 0.15) is 0 Å². The molecule has 0 N–H and O–H groups in total. The van der Waals surface area contributed by atoms with E-state index < -0.39 is 21.8 Å². The van der Waals surface area contributed by atoms with Gasteiger partial charge in [0, 0.05) is 13.1 Å². The van der Waals surface area contributed by atoms with Gasteiger partial charge in [0.15, 0.2) is 0 Å². The Morgan fingerprint density at radius 1 is 0.960 bits per heavy atom. The van der Waals surface area contributed by atoms with Crippen molar-refractivity contribution in [3.8, 4) is 0 Å². The Morgan fingerprint density at radius 3 is 2.08 bits per heavy atom. The van der Waals surface area contributed by atoms with Gasteiger partial charge in [-0.15, -0.1) is 0 Å². The van der Waals surface area contributed by atoms with E-state index in [0.717, 1.165) is 22.0 Å². The Hall–Kier alpha value is -1.86. The van der Waals surface area contributed by atoms with E-state index >= 15 is 0 Å². The molecule has 0 saturated heterocycles. The molecule has 0 saturated carbocycles. The Morgan fingerprint density at radius 2 is 1.56 bits per heavy atom. The molecule has 2 aromatic rings. The lowest BCUT2D eigenvalue weighted by atomic mass is 10.2. The van der Waals surface area contributed by atoms with Gasteiger partial charge in [-0.1, -0.05) is 57.2 Å². The van der Waals surface area contributed by atoms with Crippen molar-refractivity contribution < 1.29 is 21.6 Å². The predicted octanol–water partition coefficient (Wildman–Crippen LogP) is 4.94. The van der Waals surface area contributed by atoms with Crippen LogP contribution in [0.2, 0.25) is 0 Å². The second-order valence-electron chi connectivity index (χ2n) is 4.94. The molecule has 138 valence electrons. The monoisotopic (exact) mass is 373 g/mol. The first-order chi connectivity index (χ1) is 11.7. The maximum Gasteiger partial charge on any atom is 0.416 e. The summed E-state index contributed by atoms with van der Waals surface area (Å²) in [4.78, 5) is -0.356. The molecular formula is C18H22F3NO2S. The maximum absolute atomic E-state index is 12.8. The Labute approximate surface area is 147 Å². The average Bonchev–Trinajstić information content (AvgIpc) is 2.61. The first-order valence-electron chi connectivity index (χ1n) is 7.96. The summed E-state index contributed by atoms with van der Waals surface area (Å²) >= 11 is 0. The summed E-state index contributed by atoms with van der Waals surface area (Å²) in [6, 6.07) is 12.7. The molecule has 0 heterocycles. The van der Waals surface area contributed by atoms with E-state index in [1.54, 1.807) is 37.3 Å². The fraction of sp³-hybridized carbons (Fsp3) is 0.333. The van der Waals surface area contributed by atoms with Crippen molar-refractivity contribution in [1.82, 2.24) is 4.31 Å². The normalized spacial score (nSPS) is 11.8. The van der Waals surface area contributed by atoms with Gasteiger partial charge in [-0.25, -0.2) is 8.42 Å². The van der Waals surface area contributed by atoms with Crippen LogP contribution in [0.5, 0.6) is 0 Å². The van der Waals surface area contributed by atoms with Crippen molar-refractivity contribution in [2.24, 2.45) is 0 Å². The third-order valence-corrected chi connectivity index (χ3v) is 5.27. The largest absolute Gasteiger partial charge is 0.416 e. The number of nitrogens with zero attached hydrogens (tertiary/aromatic N) is 1. The molecule has 0 fully saturated rings. The van der Waals surface area contributed by atoms with E-state index in [1.807, 2.05) is 13.8 Å². The zero-order valence-corrected chi connectivity index (χ0v) is 15.2. The molecule has 0 amide bonds. The van der Waals surface area contributed by atoms with Crippen molar-refractivity contribution in [3.63, 3.8) is 0 Å². The van der Waals surface area contributed by atoms with Crippen LogP contribution >= 0.6 is 0 Å². The number of halogens is 3. The van der Waals surface area contributed by atoms with Crippen LogP contribution in [0.15, 0.2) is 59.5 Å². The molecular weight excluding hydrogens is 351 g/mol. The Balaban J connectivity index is 0.00000151. The summed E-state index contributed by atoms with van der Waals surface area (Å²) < 4.78 is 64.7. The summed E-state index contributed by atoms with van der Waals surface area (Å²) in [7, 11) is -4.00. The van der Waals surface area contributed by atoms with Gasteiger partial charge in [-0.3, -0.25) is 0 Å². The van der Waals surface area contributed by atoms with Crippen molar-refractivity contribution in [2.45, 2.75) is 38.4 Å². The quantitative estimate of drug-likeness (QED) is 0.744. The van der Waals surface area contributed by atoms with Crippen molar-refractivity contribution >= 4 is 10.0 Å². The third-order valence-electron chi connectivity index (χ3n) is 3.35. The van der Waals surface area contributed by atoms with E-state index in [4.69, 9.17) is 0 Å². The molecule has 0 aliphatic rings. The summed E-state index contributed by atoms with van der Waals surface area (Å²) in [5.74, 6) is 0. The van der Waals surface area contributed by atoms with Gasteiger partial charge in [-0.2, -0.15) is 17.5 Å². The van der Waals surface area contributed by atoms with E-state index in [1.165, 1.54) is 6.07 Å². The molecule has 0 aliphatic heterocycles. The van der Waals surface area contributed by atoms with E-state index in [9.17, 15) is 21.6 Å². The number of sulfonamides is 1. The van der Waals surface area contributed by atoms with Gasteiger partial charge in [-0.05, 0) is 23.8 Å². The molecule has 0 aromatic heterocycles. The molecule has 7 heteroatoms. The lowest BCUT2D eigenvalue weighted by molar-refractivity contribution is -0.137. The van der Waals surface area contributed by atoms with Gasteiger partial charge < -0.3 is 0 Å². The SMILES string of the molecule is CC.CCN(Cc1ccccc1)S(=O)(=O)c1cccc(C(F)(F)F)c1. The smallest absolute Gasteiger partial charge is 0.207 e. The molecule has 25 heavy (non-hydrogen) atoms. The number of benzene rings is 2. The first kappa shape index (κ1) is 21.2. The number of hydrogen-bond acceptors (Lipinski definition) is 2. The van der Waals surface area contributed by atoms with Gasteiger partial charge in [0.2, 0.25) is 10.0 Å². The van der Waals surface area contributed by atoms with Crippen LogP contribution in [-0.2, 0) is 22.7 Å². The van der Waals surface area contributed by atoms with E-state index in [0.29, 0.717) is 6.07 Å².